The summed E-state index contributed by atoms with van der Waals surface area (Å²) < 4.78 is 2.12. The van der Waals surface area contributed by atoms with Crippen LogP contribution in [0.3, 0.4) is 0 Å². The Hall–Kier alpha value is -2.05. The molecule has 1 aliphatic heterocycles. The SMILES string of the molecule is NC1=N/C(=N\c2nc3ccc(Br)cc3s2)c2ccccc21. The molecule has 2 heterocycles. The molecule has 21 heavy (non-hydrogen) atoms. The Balaban J connectivity index is 1.84. The number of thiazole rings is 1. The number of halogens is 1. The Morgan fingerprint density at radius 1 is 1.10 bits per heavy atom. The van der Waals surface area contributed by atoms with Crippen molar-refractivity contribution in [1.82, 2.24) is 4.98 Å². The summed E-state index contributed by atoms with van der Waals surface area (Å²) >= 11 is 5.00. The van der Waals surface area contributed by atoms with Crippen LogP contribution in [-0.4, -0.2) is 16.7 Å². The lowest BCUT2D eigenvalue weighted by Gasteiger charge is -1.96. The second-order valence-electron chi connectivity index (χ2n) is 4.59. The van der Waals surface area contributed by atoms with E-state index in [1.54, 1.807) is 0 Å². The molecule has 1 aromatic heterocycles. The topological polar surface area (TPSA) is 63.6 Å². The number of aliphatic imine (C=N–C) groups is 2. The Kier molecular flexibility index (Phi) is 2.87. The Bertz CT molecular complexity index is 926. The molecule has 2 aromatic carbocycles. The minimum Gasteiger partial charge on any atom is -0.383 e. The van der Waals surface area contributed by atoms with Gasteiger partial charge in [-0.25, -0.2) is 9.98 Å². The van der Waals surface area contributed by atoms with Gasteiger partial charge in [0.05, 0.1) is 10.2 Å². The van der Waals surface area contributed by atoms with E-state index in [0.717, 1.165) is 25.8 Å². The van der Waals surface area contributed by atoms with Gasteiger partial charge in [-0.1, -0.05) is 51.5 Å². The van der Waals surface area contributed by atoms with Crippen LogP contribution < -0.4 is 5.73 Å². The molecule has 0 amide bonds. The van der Waals surface area contributed by atoms with Crippen molar-refractivity contribution in [3.05, 3.63) is 58.1 Å². The maximum atomic E-state index is 5.93. The third-order valence-electron chi connectivity index (χ3n) is 3.21. The first-order valence-electron chi connectivity index (χ1n) is 6.29. The van der Waals surface area contributed by atoms with Crippen LogP contribution in [-0.2, 0) is 0 Å². The van der Waals surface area contributed by atoms with Gasteiger partial charge in [0.25, 0.3) is 0 Å². The summed E-state index contributed by atoms with van der Waals surface area (Å²) in [6.07, 6.45) is 0. The van der Waals surface area contributed by atoms with Crippen LogP contribution in [0.25, 0.3) is 10.2 Å². The molecule has 4 nitrogen and oxygen atoms in total. The highest BCUT2D eigenvalue weighted by atomic mass is 79.9. The van der Waals surface area contributed by atoms with Gasteiger partial charge >= 0.3 is 0 Å². The van der Waals surface area contributed by atoms with Crippen LogP contribution >= 0.6 is 27.3 Å². The Labute approximate surface area is 133 Å². The van der Waals surface area contributed by atoms with E-state index in [-0.39, 0.29) is 0 Å². The summed E-state index contributed by atoms with van der Waals surface area (Å²) in [5.41, 5.74) is 8.75. The molecule has 2 N–H and O–H groups in total. The second-order valence-corrected chi connectivity index (χ2v) is 6.51. The normalized spacial score (nSPS) is 15.5. The van der Waals surface area contributed by atoms with Gasteiger partial charge in [0.2, 0.25) is 5.13 Å². The predicted molar refractivity (Wildman–Crippen MR) is 90.7 cm³/mol. The van der Waals surface area contributed by atoms with Gasteiger partial charge in [-0.05, 0) is 18.2 Å². The molecule has 0 aliphatic carbocycles. The van der Waals surface area contributed by atoms with E-state index < -0.39 is 0 Å². The zero-order valence-electron chi connectivity index (χ0n) is 10.7. The van der Waals surface area contributed by atoms with Crippen molar-refractivity contribution in [1.29, 1.82) is 0 Å². The minimum absolute atomic E-state index is 0.508. The quantitative estimate of drug-likeness (QED) is 0.719. The Morgan fingerprint density at radius 2 is 1.90 bits per heavy atom. The van der Waals surface area contributed by atoms with E-state index in [2.05, 4.69) is 30.9 Å². The van der Waals surface area contributed by atoms with Gasteiger partial charge in [-0.3, -0.25) is 0 Å². The predicted octanol–water partition coefficient (Wildman–Crippen LogP) is 3.86. The molecule has 0 bridgehead atoms. The number of rotatable bonds is 1. The third kappa shape index (κ3) is 2.16. The second kappa shape index (κ2) is 4.75. The first-order chi connectivity index (χ1) is 10.2. The van der Waals surface area contributed by atoms with Crippen molar-refractivity contribution >= 4 is 54.3 Å². The maximum absolute atomic E-state index is 5.93. The van der Waals surface area contributed by atoms with Gasteiger partial charge < -0.3 is 5.73 Å². The fourth-order valence-corrected chi connectivity index (χ4v) is 3.64. The van der Waals surface area contributed by atoms with E-state index in [1.165, 1.54) is 11.3 Å². The largest absolute Gasteiger partial charge is 0.383 e. The highest BCUT2D eigenvalue weighted by Gasteiger charge is 2.19. The summed E-state index contributed by atoms with van der Waals surface area (Å²) in [7, 11) is 0. The third-order valence-corrected chi connectivity index (χ3v) is 4.62. The number of aromatic nitrogens is 1. The molecule has 0 saturated carbocycles. The fraction of sp³-hybridized carbons (Fsp3) is 0. The number of nitrogens with two attached hydrogens (primary N) is 1. The average molecular weight is 357 g/mol. The number of hydrogen-bond donors (Lipinski definition) is 1. The van der Waals surface area contributed by atoms with Crippen molar-refractivity contribution in [2.75, 3.05) is 0 Å². The van der Waals surface area contributed by atoms with Gasteiger partial charge in [-0.2, -0.15) is 4.99 Å². The zero-order valence-corrected chi connectivity index (χ0v) is 13.1. The molecule has 1 aliphatic rings. The molecule has 4 rings (SSSR count). The van der Waals surface area contributed by atoms with E-state index in [0.29, 0.717) is 16.8 Å². The first kappa shape index (κ1) is 12.7. The lowest BCUT2D eigenvalue weighted by atomic mass is 10.1. The number of hydrogen-bond acceptors (Lipinski definition) is 4. The molecule has 0 radical (unpaired) electrons. The van der Waals surface area contributed by atoms with E-state index in [1.807, 2.05) is 42.5 Å². The first-order valence-corrected chi connectivity index (χ1v) is 7.90. The van der Waals surface area contributed by atoms with Crippen LogP contribution in [0.2, 0.25) is 0 Å². The molecule has 0 fully saturated rings. The average Bonchev–Trinajstić information content (AvgIpc) is 3.01. The van der Waals surface area contributed by atoms with Crippen LogP contribution in [0.15, 0.2) is 56.9 Å². The number of fused-ring (bicyclic) bond motifs is 2. The van der Waals surface area contributed by atoms with Gasteiger partial charge in [-0.15, -0.1) is 0 Å². The van der Waals surface area contributed by atoms with E-state index >= 15 is 0 Å². The molecular formula is C15H9BrN4S. The van der Waals surface area contributed by atoms with Gasteiger partial charge in [0, 0.05) is 15.6 Å². The summed E-state index contributed by atoms with van der Waals surface area (Å²) in [5.74, 6) is 1.13. The van der Waals surface area contributed by atoms with Gasteiger partial charge in [0.15, 0.2) is 5.84 Å². The molecule has 0 saturated heterocycles. The number of nitrogens with zero attached hydrogens (tertiary/aromatic N) is 3. The van der Waals surface area contributed by atoms with Crippen molar-refractivity contribution in [3.8, 4) is 0 Å². The van der Waals surface area contributed by atoms with Crippen molar-refractivity contribution < 1.29 is 0 Å². The monoisotopic (exact) mass is 356 g/mol. The van der Waals surface area contributed by atoms with Crippen molar-refractivity contribution in [3.63, 3.8) is 0 Å². The van der Waals surface area contributed by atoms with Crippen LogP contribution in [0.1, 0.15) is 11.1 Å². The maximum Gasteiger partial charge on any atom is 0.212 e. The fourth-order valence-electron chi connectivity index (χ4n) is 2.25. The summed E-state index contributed by atoms with van der Waals surface area (Å²) in [5, 5.41) is 0.686. The van der Waals surface area contributed by atoms with Crippen LogP contribution in [0.4, 0.5) is 5.13 Å². The summed E-state index contributed by atoms with van der Waals surface area (Å²) in [4.78, 5) is 13.4. The molecule has 102 valence electrons. The number of benzene rings is 2. The van der Waals surface area contributed by atoms with Crippen LogP contribution in [0.5, 0.6) is 0 Å². The molecule has 6 heteroatoms. The van der Waals surface area contributed by atoms with E-state index in [4.69, 9.17) is 5.73 Å². The molecule has 3 aromatic rings. The molecule has 0 unspecified atom stereocenters. The molecular weight excluding hydrogens is 348 g/mol. The summed E-state index contributed by atoms with van der Waals surface area (Å²) in [6, 6.07) is 13.8. The van der Waals surface area contributed by atoms with Crippen molar-refractivity contribution in [2.45, 2.75) is 0 Å². The summed E-state index contributed by atoms with van der Waals surface area (Å²) in [6.45, 7) is 0. The van der Waals surface area contributed by atoms with Gasteiger partial charge in [0.1, 0.15) is 5.84 Å². The highest BCUT2D eigenvalue weighted by Crippen LogP contribution is 2.31. The molecule has 0 atom stereocenters. The Morgan fingerprint density at radius 3 is 2.76 bits per heavy atom. The minimum atomic E-state index is 0.508. The lowest BCUT2D eigenvalue weighted by molar-refractivity contribution is 1.39. The molecule has 0 spiro atoms. The number of amidine groups is 2. The standard InChI is InChI=1S/C15H9BrN4S/c16-8-5-6-11-12(7-8)21-15(18-11)20-14-10-4-2-1-3-9(10)13(17)19-14/h1-7H,(H2,17,18,19,20). The highest BCUT2D eigenvalue weighted by molar-refractivity contribution is 9.10. The van der Waals surface area contributed by atoms with Crippen molar-refractivity contribution in [2.24, 2.45) is 15.7 Å². The van der Waals surface area contributed by atoms with E-state index in [9.17, 15) is 0 Å². The lowest BCUT2D eigenvalue weighted by Crippen LogP contribution is -2.09. The van der Waals surface area contributed by atoms with Crippen LogP contribution in [0, 0.1) is 0 Å². The zero-order chi connectivity index (χ0) is 14.4. The smallest absolute Gasteiger partial charge is 0.212 e.